The Kier molecular flexibility index (Phi) is 5.75. The lowest BCUT2D eigenvalue weighted by atomic mass is 9.85. The number of amides is 1. The molecule has 0 bridgehead atoms. The maximum absolute atomic E-state index is 12.5. The summed E-state index contributed by atoms with van der Waals surface area (Å²) in [6.07, 6.45) is 2.88. The van der Waals surface area contributed by atoms with Crippen molar-refractivity contribution in [1.29, 1.82) is 0 Å². The van der Waals surface area contributed by atoms with Crippen LogP contribution in [0.2, 0.25) is 5.02 Å². The fourth-order valence-electron chi connectivity index (χ4n) is 2.61. The van der Waals surface area contributed by atoms with Gasteiger partial charge in [0.15, 0.2) is 6.61 Å². The Morgan fingerprint density at radius 3 is 2.61 bits per heavy atom. The molecule has 1 N–H and O–H groups in total. The molecule has 0 atom stereocenters. The fraction of sp³-hybridized carbons (Fsp3) is 0.200. The minimum Gasteiger partial charge on any atom is -0.455 e. The zero-order chi connectivity index (χ0) is 20.1. The highest BCUT2D eigenvalue weighted by atomic mass is 35.5. The number of hydrogen-bond acceptors (Lipinski definition) is 5. The third-order valence-electron chi connectivity index (χ3n) is 4.24. The van der Waals surface area contributed by atoms with Gasteiger partial charge >= 0.3 is 5.97 Å². The molecule has 7 nitrogen and oxygen atoms in total. The number of aromatic nitrogens is 3. The molecule has 0 radical (unpaired) electrons. The molecule has 3 rings (SSSR count). The van der Waals surface area contributed by atoms with Crippen molar-refractivity contribution in [3.63, 3.8) is 0 Å². The molecule has 8 heteroatoms. The highest BCUT2D eigenvalue weighted by Gasteiger charge is 2.31. The van der Waals surface area contributed by atoms with E-state index in [2.05, 4.69) is 15.4 Å². The van der Waals surface area contributed by atoms with Crippen LogP contribution in [0.1, 0.15) is 19.4 Å². The van der Waals surface area contributed by atoms with Crippen LogP contribution >= 0.6 is 11.6 Å². The van der Waals surface area contributed by atoms with Gasteiger partial charge in [-0.15, -0.1) is 0 Å². The van der Waals surface area contributed by atoms with Gasteiger partial charge < -0.3 is 10.1 Å². The van der Waals surface area contributed by atoms with Crippen LogP contribution in [0.15, 0.2) is 61.2 Å². The summed E-state index contributed by atoms with van der Waals surface area (Å²) in [4.78, 5) is 28.7. The Hall–Kier alpha value is -3.19. The van der Waals surface area contributed by atoms with Crippen molar-refractivity contribution < 1.29 is 14.3 Å². The number of nitrogens with zero attached hydrogens (tertiary/aromatic N) is 3. The summed E-state index contributed by atoms with van der Waals surface area (Å²) >= 11 is 6.03. The van der Waals surface area contributed by atoms with Crippen molar-refractivity contribution in [2.45, 2.75) is 19.3 Å². The Bertz CT molecular complexity index is 972. The van der Waals surface area contributed by atoms with Gasteiger partial charge in [0.1, 0.15) is 12.7 Å². The number of nitrogens with one attached hydrogen (secondary N) is 1. The first-order valence-electron chi connectivity index (χ1n) is 8.55. The topological polar surface area (TPSA) is 86.1 Å². The Morgan fingerprint density at radius 1 is 1.18 bits per heavy atom. The Morgan fingerprint density at radius 2 is 1.93 bits per heavy atom. The molecule has 0 aliphatic rings. The molecule has 144 valence electrons. The highest BCUT2D eigenvalue weighted by Crippen LogP contribution is 2.25. The second kappa shape index (κ2) is 8.22. The maximum atomic E-state index is 12.5. The van der Waals surface area contributed by atoms with Crippen LogP contribution in [0.3, 0.4) is 0 Å². The van der Waals surface area contributed by atoms with Gasteiger partial charge in [0.2, 0.25) is 0 Å². The number of halogens is 1. The van der Waals surface area contributed by atoms with Crippen molar-refractivity contribution in [2.75, 3.05) is 11.9 Å². The number of anilines is 1. The van der Waals surface area contributed by atoms with Gasteiger partial charge in [0.25, 0.3) is 5.91 Å². The van der Waals surface area contributed by atoms with Gasteiger partial charge in [-0.25, -0.2) is 9.67 Å². The zero-order valence-corrected chi connectivity index (χ0v) is 16.2. The predicted octanol–water partition coefficient (Wildman–Crippen LogP) is 3.38. The van der Waals surface area contributed by atoms with Gasteiger partial charge in [0.05, 0.1) is 16.8 Å². The second-order valence-electron chi connectivity index (χ2n) is 6.62. The predicted molar refractivity (Wildman–Crippen MR) is 105 cm³/mol. The van der Waals surface area contributed by atoms with Crippen LogP contribution < -0.4 is 5.32 Å². The summed E-state index contributed by atoms with van der Waals surface area (Å²) in [6.45, 7) is 3.09. The van der Waals surface area contributed by atoms with E-state index in [0.29, 0.717) is 16.4 Å². The quantitative estimate of drug-likeness (QED) is 0.643. The average Bonchev–Trinajstić information content (AvgIpc) is 3.21. The summed E-state index contributed by atoms with van der Waals surface area (Å²) in [5, 5.41) is 7.19. The van der Waals surface area contributed by atoms with Gasteiger partial charge in [-0.05, 0) is 37.6 Å². The van der Waals surface area contributed by atoms with Gasteiger partial charge in [-0.3, -0.25) is 9.59 Å². The van der Waals surface area contributed by atoms with E-state index in [4.69, 9.17) is 16.3 Å². The van der Waals surface area contributed by atoms with Crippen molar-refractivity contribution >= 4 is 29.2 Å². The molecular formula is C20H19ClN4O3. The van der Waals surface area contributed by atoms with E-state index >= 15 is 0 Å². The van der Waals surface area contributed by atoms with Crippen LogP contribution in [-0.2, 0) is 19.7 Å². The van der Waals surface area contributed by atoms with E-state index < -0.39 is 23.9 Å². The third-order valence-corrected chi connectivity index (χ3v) is 4.47. The summed E-state index contributed by atoms with van der Waals surface area (Å²) in [7, 11) is 0. The molecule has 1 amide bonds. The van der Waals surface area contributed by atoms with Crippen LogP contribution in [-0.4, -0.2) is 33.2 Å². The third kappa shape index (κ3) is 4.37. The maximum Gasteiger partial charge on any atom is 0.316 e. The first-order chi connectivity index (χ1) is 13.4. The molecule has 0 fully saturated rings. The molecule has 0 saturated heterocycles. The van der Waals surface area contributed by atoms with Gasteiger partial charge in [-0.1, -0.05) is 41.9 Å². The van der Waals surface area contributed by atoms with E-state index in [1.807, 2.05) is 30.3 Å². The Balaban J connectivity index is 1.67. The summed E-state index contributed by atoms with van der Waals surface area (Å²) in [6, 6.07) is 14.2. The first-order valence-corrected chi connectivity index (χ1v) is 8.93. The van der Waals surface area contributed by atoms with E-state index in [9.17, 15) is 9.59 Å². The zero-order valence-electron chi connectivity index (χ0n) is 15.4. The molecule has 1 aromatic heterocycles. The number of ether oxygens (including phenoxy) is 1. The van der Waals surface area contributed by atoms with Gasteiger partial charge in [0, 0.05) is 5.02 Å². The number of esters is 1. The SMILES string of the molecule is CC(C)(C(=O)OCC(=O)Nc1cc(Cl)ccc1-n1cncn1)c1ccccc1. The number of rotatable bonds is 6. The molecule has 3 aromatic rings. The number of carbonyl (C=O) groups excluding carboxylic acids is 2. The second-order valence-corrected chi connectivity index (χ2v) is 7.05. The average molecular weight is 399 g/mol. The van der Waals surface area contributed by atoms with E-state index in [0.717, 1.165) is 5.56 Å². The largest absolute Gasteiger partial charge is 0.455 e. The molecule has 1 heterocycles. The number of hydrogen-bond donors (Lipinski definition) is 1. The lowest BCUT2D eigenvalue weighted by molar-refractivity contribution is -0.152. The van der Waals surface area contributed by atoms with Crippen molar-refractivity contribution in [2.24, 2.45) is 0 Å². The van der Waals surface area contributed by atoms with Crippen LogP contribution in [0, 0.1) is 0 Å². The monoisotopic (exact) mass is 398 g/mol. The lowest BCUT2D eigenvalue weighted by Gasteiger charge is -2.23. The van der Waals surface area contributed by atoms with Crippen LogP contribution in [0.4, 0.5) is 5.69 Å². The highest BCUT2D eigenvalue weighted by molar-refractivity contribution is 6.31. The molecule has 0 saturated carbocycles. The molecule has 0 aliphatic carbocycles. The molecule has 0 aliphatic heterocycles. The van der Waals surface area contributed by atoms with Crippen molar-refractivity contribution in [3.05, 3.63) is 71.8 Å². The summed E-state index contributed by atoms with van der Waals surface area (Å²) < 4.78 is 6.73. The summed E-state index contributed by atoms with van der Waals surface area (Å²) in [5.74, 6) is -0.975. The smallest absolute Gasteiger partial charge is 0.316 e. The minimum atomic E-state index is -0.872. The molecular weight excluding hydrogens is 380 g/mol. The van der Waals surface area contributed by atoms with E-state index in [-0.39, 0.29) is 0 Å². The normalized spacial score (nSPS) is 11.1. The minimum absolute atomic E-state index is 0.418. The number of carbonyl (C=O) groups is 2. The fourth-order valence-corrected chi connectivity index (χ4v) is 2.78. The van der Waals surface area contributed by atoms with Crippen LogP contribution in [0.5, 0.6) is 0 Å². The first kappa shape index (κ1) is 19.6. The molecule has 2 aromatic carbocycles. The summed E-state index contributed by atoms with van der Waals surface area (Å²) in [5.41, 5.74) is 0.958. The van der Waals surface area contributed by atoms with Crippen molar-refractivity contribution in [1.82, 2.24) is 14.8 Å². The van der Waals surface area contributed by atoms with Crippen LogP contribution in [0.25, 0.3) is 5.69 Å². The standard InChI is InChI=1S/C20H19ClN4O3/c1-20(2,14-6-4-3-5-7-14)19(27)28-11-18(26)24-16-10-15(21)8-9-17(16)25-13-22-12-23-25/h3-10,12-13H,11H2,1-2H3,(H,24,26). The molecule has 0 unspecified atom stereocenters. The molecule has 28 heavy (non-hydrogen) atoms. The van der Waals surface area contributed by atoms with E-state index in [1.165, 1.54) is 17.3 Å². The molecule has 0 spiro atoms. The van der Waals surface area contributed by atoms with Crippen molar-refractivity contribution in [3.8, 4) is 5.69 Å². The lowest BCUT2D eigenvalue weighted by Crippen LogP contribution is -2.33. The Labute approximate surface area is 167 Å². The van der Waals surface area contributed by atoms with E-state index in [1.54, 1.807) is 32.0 Å². The number of benzene rings is 2. The van der Waals surface area contributed by atoms with Gasteiger partial charge in [-0.2, -0.15) is 5.10 Å².